The van der Waals surface area contributed by atoms with Gasteiger partial charge in [-0.3, -0.25) is 0 Å². The fraction of sp³-hybridized carbons (Fsp3) is 0.625. The molecule has 0 amide bonds. The predicted octanol–water partition coefficient (Wildman–Crippen LogP) is 3.41. The molecule has 1 N–H and O–H groups in total. The highest BCUT2D eigenvalue weighted by molar-refractivity contribution is 6.32. The average molecular weight is 314 g/mol. The lowest BCUT2D eigenvalue weighted by atomic mass is 10.2. The first-order valence-electron chi connectivity index (χ1n) is 7.56. The van der Waals surface area contributed by atoms with Crippen LogP contribution in [-0.4, -0.2) is 33.0 Å². The van der Waals surface area contributed by atoms with E-state index in [1.807, 2.05) is 12.1 Å². The third kappa shape index (κ3) is 4.77. The van der Waals surface area contributed by atoms with Crippen molar-refractivity contribution in [2.45, 2.75) is 38.8 Å². The number of hydrogen-bond acceptors (Lipinski definition) is 4. The zero-order valence-corrected chi connectivity index (χ0v) is 13.5. The maximum Gasteiger partial charge on any atom is 0.179 e. The van der Waals surface area contributed by atoms with Gasteiger partial charge in [-0.05, 0) is 37.0 Å². The summed E-state index contributed by atoms with van der Waals surface area (Å²) in [5.74, 6) is 1.31. The second-order valence-corrected chi connectivity index (χ2v) is 5.63. The minimum Gasteiger partial charge on any atom is -0.493 e. The number of halogens is 1. The zero-order chi connectivity index (χ0) is 15.1. The third-order valence-electron chi connectivity index (χ3n) is 3.46. The van der Waals surface area contributed by atoms with Gasteiger partial charge in [-0.15, -0.1) is 0 Å². The van der Waals surface area contributed by atoms with Crippen molar-refractivity contribution in [3.8, 4) is 11.5 Å². The van der Waals surface area contributed by atoms with E-state index >= 15 is 0 Å². The van der Waals surface area contributed by atoms with Gasteiger partial charge in [0.15, 0.2) is 11.5 Å². The van der Waals surface area contributed by atoms with Crippen LogP contribution in [0.5, 0.6) is 11.5 Å². The molecule has 0 aromatic heterocycles. The van der Waals surface area contributed by atoms with Gasteiger partial charge in [0.2, 0.25) is 0 Å². The van der Waals surface area contributed by atoms with E-state index in [9.17, 15) is 0 Å². The third-order valence-corrected chi connectivity index (χ3v) is 3.75. The van der Waals surface area contributed by atoms with E-state index < -0.39 is 0 Å². The Morgan fingerprint density at radius 3 is 2.95 bits per heavy atom. The van der Waals surface area contributed by atoms with Crippen molar-refractivity contribution in [3.05, 3.63) is 22.7 Å². The van der Waals surface area contributed by atoms with Gasteiger partial charge in [0.25, 0.3) is 0 Å². The second kappa shape index (κ2) is 8.47. The fourth-order valence-electron chi connectivity index (χ4n) is 2.40. The Balaban J connectivity index is 1.94. The molecule has 4 nitrogen and oxygen atoms in total. The van der Waals surface area contributed by atoms with E-state index in [0.29, 0.717) is 29.2 Å². The molecule has 5 heteroatoms. The number of benzene rings is 1. The van der Waals surface area contributed by atoms with E-state index in [1.54, 1.807) is 7.11 Å². The maximum absolute atomic E-state index is 6.30. The van der Waals surface area contributed by atoms with Crippen LogP contribution >= 0.6 is 11.6 Å². The molecule has 0 bridgehead atoms. The molecule has 0 saturated carbocycles. The summed E-state index contributed by atoms with van der Waals surface area (Å²) in [4.78, 5) is 0. The lowest BCUT2D eigenvalue weighted by molar-refractivity contribution is 0.110. The lowest BCUT2D eigenvalue weighted by Gasteiger charge is -2.15. The summed E-state index contributed by atoms with van der Waals surface area (Å²) < 4.78 is 16.6. The van der Waals surface area contributed by atoms with Crippen LogP contribution in [-0.2, 0) is 11.3 Å². The Morgan fingerprint density at radius 1 is 1.43 bits per heavy atom. The number of nitrogens with one attached hydrogen (secondary N) is 1. The average Bonchev–Trinajstić information content (AvgIpc) is 2.99. The van der Waals surface area contributed by atoms with Crippen molar-refractivity contribution >= 4 is 11.6 Å². The molecular formula is C16H24ClNO3. The molecule has 1 unspecified atom stereocenters. The smallest absolute Gasteiger partial charge is 0.179 e. The Hall–Kier alpha value is -0.970. The standard InChI is InChI=1S/C16H24ClNO3/c1-3-6-21-16-14(17)8-12(9-15(16)19-2)10-18-11-13-5-4-7-20-13/h8-9,13,18H,3-7,10-11H2,1-2H3. The highest BCUT2D eigenvalue weighted by Gasteiger charge is 2.15. The molecule has 1 saturated heterocycles. The molecule has 1 fully saturated rings. The maximum atomic E-state index is 6.30. The highest BCUT2D eigenvalue weighted by Crippen LogP contribution is 2.36. The minimum absolute atomic E-state index is 0.342. The van der Waals surface area contributed by atoms with Crippen molar-refractivity contribution in [2.24, 2.45) is 0 Å². The first-order chi connectivity index (χ1) is 10.2. The van der Waals surface area contributed by atoms with Gasteiger partial charge in [0.05, 0.1) is 24.8 Å². The van der Waals surface area contributed by atoms with Crippen molar-refractivity contribution in [1.82, 2.24) is 5.32 Å². The van der Waals surface area contributed by atoms with Crippen molar-refractivity contribution in [1.29, 1.82) is 0 Å². The number of ether oxygens (including phenoxy) is 3. The molecule has 1 aromatic rings. The molecule has 1 aromatic carbocycles. The van der Waals surface area contributed by atoms with Gasteiger partial charge in [-0.25, -0.2) is 0 Å². The fourth-order valence-corrected chi connectivity index (χ4v) is 2.69. The van der Waals surface area contributed by atoms with Gasteiger partial charge in [-0.1, -0.05) is 18.5 Å². The monoisotopic (exact) mass is 313 g/mol. The number of methoxy groups -OCH3 is 1. The van der Waals surface area contributed by atoms with Gasteiger partial charge in [0.1, 0.15) is 0 Å². The van der Waals surface area contributed by atoms with Crippen LogP contribution < -0.4 is 14.8 Å². The van der Waals surface area contributed by atoms with Gasteiger partial charge in [0, 0.05) is 19.7 Å². The second-order valence-electron chi connectivity index (χ2n) is 5.22. The molecule has 1 atom stereocenters. The quantitative estimate of drug-likeness (QED) is 0.798. The van der Waals surface area contributed by atoms with E-state index in [2.05, 4.69) is 12.2 Å². The SMILES string of the molecule is CCCOc1c(Cl)cc(CNCC2CCCO2)cc1OC. The summed E-state index contributed by atoms with van der Waals surface area (Å²) in [6.07, 6.45) is 3.58. The van der Waals surface area contributed by atoms with Crippen LogP contribution in [0.1, 0.15) is 31.7 Å². The van der Waals surface area contributed by atoms with Crippen molar-refractivity contribution < 1.29 is 14.2 Å². The summed E-state index contributed by atoms with van der Waals surface area (Å²) in [5.41, 5.74) is 1.08. The van der Waals surface area contributed by atoms with E-state index in [0.717, 1.165) is 44.5 Å². The summed E-state index contributed by atoms with van der Waals surface area (Å²) in [7, 11) is 1.63. The number of hydrogen-bond donors (Lipinski definition) is 1. The van der Waals surface area contributed by atoms with Crippen LogP contribution in [0.3, 0.4) is 0 Å². The van der Waals surface area contributed by atoms with Gasteiger partial charge in [-0.2, -0.15) is 0 Å². The first-order valence-corrected chi connectivity index (χ1v) is 7.94. The Morgan fingerprint density at radius 2 is 2.29 bits per heavy atom. The Kier molecular flexibility index (Phi) is 6.61. The van der Waals surface area contributed by atoms with Crippen LogP contribution in [0.15, 0.2) is 12.1 Å². The van der Waals surface area contributed by atoms with Crippen LogP contribution in [0.25, 0.3) is 0 Å². The molecular weight excluding hydrogens is 290 g/mol. The van der Waals surface area contributed by atoms with Crippen molar-refractivity contribution in [3.63, 3.8) is 0 Å². The van der Waals surface area contributed by atoms with Crippen LogP contribution in [0, 0.1) is 0 Å². The molecule has 21 heavy (non-hydrogen) atoms. The Labute approximate surface area is 131 Å². The summed E-state index contributed by atoms with van der Waals surface area (Å²) >= 11 is 6.30. The minimum atomic E-state index is 0.342. The molecule has 1 aliphatic rings. The largest absolute Gasteiger partial charge is 0.493 e. The topological polar surface area (TPSA) is 39.7 Å². The molecule has 0 radical (unpaired) electrons. The molecule has 1 heterocycles. The molecule has 118 valence electrons. The molecule has 1 aliphatic heterocycles. The summed E-state index contributed by atoms with van der Waals surface area (Å²) in [5, 5.41) is 4.00. The van der Waals surface area contributed by atoms with Gasteiger partial charge < -0.3 is 19.5 Å². The predicted molar refractivity (Wildman–Crippen MR) is 84.5 cm³/mol. The van der Waals surface area contributed by atoms with Crippen LogP contribution in [0.4, 0.5) is 0 Å². The van der Waals surface area contributed by atoms with E-state index in [4.69, 9.17) is 25.8 Å². The Bertz CT molecular complexity index is 447. The molecule has 0 aliphatic carbocycles. The first kappa shape index (κ1) is 16.4. The highest BCUT2D eigenvalue weighted by atomic mass is 35.5. The normalized spacial score (nSPS) is 18.0. The molecule has 2 rings (SSSR count). The lowest BCUT2D eigenvalue weighted by Crippen LogP contribution is -2.25. The number of rotatable bonds is 8. The van der Waals surface area contributed by atoms with Crippen LogP contribution in [0.2, 0.25) is 5.02 Å². The van der Waals surface area contributed by atoms with E-state index in [1.165, 1.54) is 0 Å². The van der Waals surface area contributed by atoms with Crippen molar-refractivity contribution in [2.75, 3.05) is 26.9 Å². The summed E-state index contributed by atoms with van der Waals surface area (Å²) in [6.45, 7) is 5.18. The molecule has 0 spiro atoms. The summed E-state index contributed by atoms with van der Waals surface area (Å²) in [6, 6.07) is 3.90. The zero-order valence-electron chi connectivity index (χ0n) is 12.8. The van der Waals surface area contributed by atoms with E-state index in [-0.39, 0.29) is 0 Å². The van der Waals surface area contributed by atoms with Gasteiger partial charge >= 0.3 is 0 Å².